The van der Waals surface area contributed by atoms with Crippen LogP contribution >= 0.6 is 0 Å². The maximum absolute atomic E-state index is 12.0. The van der Waals surface area contributed by atoms with Gasteiger partial charge in [-0.1, -0.05) is 54.6 Å². The van der Waals surface area contributed by atoms with Crippen LogP contribution in [-0.4, -0.2) is 45.2 Å². The van der Waals surface area contributed by atoms with E-state index in [1.54, 1.807) is 12.4 Å². The zero-order valence-electron chi connectivity index (χ0n) is 23.0. The van der Waals surface area contributed by atoms with Crippen molar-refractivity contribution in [3.63, 3.8) is 0 Å². The van der Waals surface area contributed by atoms with Crippen LogP contribution in [0, 0.1) is 0 Å². The highest BCUT2D eigenvalue weighted by Gasteiger charge is 2.18. The Labute approximate surface area is 229 Å². The molecule has 1 amide bonds. The van der Waals surface area contributed by atoms with Crippen LogP contribution in [0.5, 0.6) is 0 Å². The van der Waals surface area contributed by atoms with Gasteiger partial charge in [-0.05, 0) is 57.4 Å². The number of nitrogens with zero attached hydrogens (tertiary/aromatic N) is 5. The summed E-state index contributed by atoms with van der Waals surface area (Å²) in [6, 6.07) is 21.6. The van der Waals surface area contributed by atoms with E-state index in [1.807, 2.05) is 106 Å². The molecule has 0 aliphatic carbocycles. The van der Waals surface area contributed by atoms with Gasteiger partial charge in [-0.2, -0.15) is 4.98 Å². The van der Waals surface area contributed by atoms with Crippen LogP contribution < -0.4 is 15.5 Å². The summed E-state index contributed by atoms with van der Waals surface area (Å²) < 4.78 is 5.49. The molecule has 0 aliphatic rings. The van der Waals surface area contributed by atoms with Crippen molar-refractivity contribution in [2.24, 2.45) is 0 Å². The minimum absolute atomic E-state index is 0.339. The molecule has 2 aromatic heterocycles. The highest BCUT2D eigenvalue weighted by molar-refractivity contribution is 5.68. The number of carbonyl (C=O) groups is 1. The van der Waals surface area contributed by atoms with E-state index >= 15 is 0 Å². The van der Waals surface area contributed by atoms with Gasteiger partial charge < -0.3 is 20.3 Å². The fraction of sp³-hybridized carbons (Fsp3) is 0.300. The summed E-state index contributed by atoms with van der Waals surface area (Å²) in [5, 5.41) is 6.12. The number of nitrogens with one attached hydrogen (secondary N) is 2. The van der Waals surface area contributed by atoms with Gasteiger partial charge in [-0.3, -0.25) is 0 Å². The van der Waals surface area contributed by atoms with Crippen molar-refractivity contribution in [1.29, 1.82) is 0 Å². The van der Waals surface area contributed by atoms with Crippen molar-refractivity contribution in [2.45, 2.75) is 45.8 Å². The largest absolute Gasteiger partial charge is 0.442 e. The quantitative estimate of drug-likeness (QED) is 0.277. The first kappa shape index (κ1) is 27.5. The van der Waals surface area contributed by atoms with E-state index in [9.17, 15) is 4.79 Å². The highest BCUT2D eigenvalue weighted by Crippen LogP contribution is 2.23. The zero-order chi connectivity index (χ0) is 27.8. The number of benzene rings is 2. The zero-order valence-corrected chi connectivity index (χ0v) is 23.0. The fourth-order valence-corrected chi connectivity index (χ4v) is 3.84. The van der Waals surface area contributed by atoms with Gasteiger partial charge in [-0.25, -0.2) is 19.7 Å². The normalized spacial score (nSPS) is 11.9. The molecule has 202 valence electrons. The highest BCUT2D eigenvalue weighted by atomic mass is 16.6. The summed E-state index contributed by atoms with van der Waals surface area (Å²) in [6.45, 7) is 8.28. The lowest BCUT2D eigenvalue weighted by molar-refractivity contribution is 0.100. The number of rotatable bonds is 9. The summed E-state index contributed by atoms with van der Waals surface area (Å²) in [6.07, 6.45) is 3.50. The molecule has 9 nitrogen and oxygen atoms in total. The summed E-state index contributed by atoms with van der Waals surface area (Å²) in [7, 11) is 1.92. The SMILES string of the molecule is C[C@H](OC(=O)NC(C)(C)C)c1ccc(CCNc2nccc(N(C)c3ccnc(-c4ccccc4)n3)n2)cc1. The second-order valence-electron chi connectivity index (χ2n) is 10.2. The van der Waals surface area contributed by atoms with Crippen LogP contribution in [0.1, 0.15) is 44.9 Å². The van der Waals surface area contributed by atoms with Crippen molar-refractivity contribution in [2.75, 3.05) is 23.8 Å². The molecule has 0 fully saturated rings. The smallest absolute Gasteiger partial charge is 0.408 e. The van der Waals surface area contributed by atoms with Crippen molar-refractivity contribution in [1.82, 2.24) is 25.3 Å². The predicted octanol–water partition coefficient (Wildman–Crippen LogP) is 5.94. The number of aromatic nitrogens is 4. The monoisotopic (exact) mass is 525 g/mol. The molecule has 2 heterocycles. The molecule has 0 aliphatic heterocycles. The lowest BCUT2D eigenvalue weighted by Crippen LogP contribution is -2.41. The van der Waals surface area contributed by atoms with Gasteiger partial charge in [0.1, 0.15) is 17.7 Å². The molecule has 0 bridgehead atoms. The third kappa shape index (κ3) is 7.98. The molecule has 0 radical (unpaired) electrons. The summed E-state index contributed by atoms with van der Waals surface area (Å²) in [5.41, 5.74) is 2.71. The Balaban J connectivity index is 1.32. The van der Waals surface area contributed by atoms with E-state index in [0.717, 1.165) is 34.7 Å². The molecule has 4 aromatic rings. The number of anilines is 3. The second kappa shape index (κ2) is 12.3. The first-order chi connectivity index (χ1) is 18.7. The number of alkyl carbamates (subject to hydrolysis) is 1. The van der Waals surface area contributed by atoms with Gasteiger partial charge in [-0.15, -0.1) is 0 Å². The Bertz CT molecular complexity index is 1370. The summed E-state index contributed by atoms with van der Waals surface area (Å²) in [5.74, 6) is 2.66. The minimum atomic E-state index is -0.424. The third-order valence-electron chi connectivity index (χ3n) is 5.91. The van der Waals surface area contributed by atoms with Crippen molar-refractivity contribution >= 4 is 23.7 Å². The fourth-order valence-electron chi connectivity index (χ4n) is 3.84. The first-order valence-corrected chi connectivity index (χ1v) is 12.9. The molecule has 9 heteroatoms. The average Bonchev–Trinajstić information content (AvgIpc) is 2.92. The molecular formula is C30H35N7O2. The van der Waals surface area contributed by atoms with Gasteiger partial charge >= 0.3 is 6.09 Å². The van der Waals surface area contributed by atoms with E-state index in [1.165, 1.54) is 0 Å². The van der Waals surface area contributed by atoms with Gasteiger partial charge in [0, 0.05) is 37.1 Å². The van der Waals surface area contributed by atoms with Gasteiger partial charge in [0.25, 0.3) is 0 Å². The van der Waals surface area contributed by atoms with E-state index in [0.29, 0.717) is 18.3 Å². The molecule has 0 spiro atoms. The molecule has 1 atom stereocenters. The molecule has 2 N–H and O–H groups in total. The first-order valence-electron chi connectivity index (χ1n) is 12.9. The molecule has 0 saturated heterocycles. The topological polar surface area (TPSA) is 105 Å². The Morgan fingerprint density at radius 2 is 1.59 bits per heavy atom. The average molecular weight is 526 g/mol. The third-order valence-corrected chi connectivity index (χ3v) is 5.91. The lowest BCUT2D eigenvalue weighted by atomic mass is 10.1. The Kier molecular flexibility index (Phi) is 8.70. The standard InChI is InChI=1S/C30H35N7O2/c1-21(39-29(38)36-30(2,3)4)23-13-11-22(12-14-23)15-18-32-28-33-20-17-26(35-28)37(5)25-16-19-31-27(34-25)24-9-7-6-8-10-24/h6-14,16-17,19-21H,15,18H2,1-5H3,(H,36,38)(H,32,33,35)/t21-/m0/s1. The Hall–Kier alpha value is -4.53. The van der Waals surface area contributed by atoms with E-state index < -0.39 is 6.09 Å². The van der Waals surface area contributed by atoms with E-state index in [2.05, 4.69) is 25.6 Å². The number of hydrogen-bond acceptors (Lipinski definition) is 8. The maximum Gasteiger partial charge on any atom is 0.408 e. The number of ether oxygens (including phenoxy) is 1. The molecule has 0 unspecified atom stereocenters. The van der Waals surface area contributed by atoms with Crippen LogP contribution in [0.15, 0.2) is 79.1 Å². The van der Waals surface area contributed by atoms with Crippen molar-refractivity contribution in [3.8, 4) is 11.4 Å². The van der Waals surface area contributed by atoms with Crippen LogP contribution in [-0.2, 0) is 11.2 Å². The number of hydrogen-bond donors (Lipinski definition) is 2. The molecule has 39 heavy (non-hydrogen) atoms. The molecular weight excluding hydrogens is 490 g/mol. The van der Waals surface area contributed by atoms with E-state index in [4.69, 9.17) is 9.72 Å². The van der Waals surface area contributed by atoms with Crippen molar-refractivity contribution in [3.05, 3.63) is 90.3 Å². The van der Waals surface area contributed by atoms with Crippen LogP contribution in [0.25, 0.3) is 11.4 Å². The second-order valence-corrected chi connectivity index (χ2v) is 10.2. The predicted molar refractivity (Wildman–Crippen MR) is 154 cm³/mol. The van der Waals surface area contributed by atoms with E-state index in [-0.39, 0.29) is 11.6 Å². The van der Waals surface area contributed by atoms with Crippen molar-refractivity contribution < 1.29 is 9.53 Å². The summed E-state index contributed by atoms with van der Waals surface area (Å²) in [4.78, 5) is 32.1. The molecule has 0 saturated carbocycles. The van der Waals surface area contributed by atoms with Gasteiger partial charge in [0.2, 0.25) is 5.95 Å². The van der Waals surface area contributed by atoms with Crippen LogP contribution in [0.2, 0.25) is 0 Å². The number of carbonyl (C=O) groups excluding carboxylic acids is 1. The number of amides is 1. The Morgan fingerprint density at radius 3 is 2.28 bits per heavy atom. The minimum Gasteiger partial charge on any atom is -0.442 e. The van der Waals surface area contributed by atoms with Gasteiger partial charge in [0.15, 0.2) is 5.82 Å². The van der Waals surface area contributed by atoms with Crippen LogP contribution in [0.4, 0.5) is 22.4 Å². The molecule has 4 rings (SSSR count). The van der Waals surface area contributed by atoms with Crippen LogP contribution in [0.3, 0.4) is 0 Å². The maximum atomic E-state index is 12.0. The lowest BCUT2D eigenvalue weighted by Gasteiger charge is -2.22. The van der Waals surface area contributed by atoms with Gasteiger partial charge in [0.05, 0.1) is 0 Å². The molecule has 2 aromatic carbocycles. The Morgan fingerprint density at radius 1 is 0.923 bits per heavy atom. The summed E-state index contributed by atoms with van der Waals surface area (Å²) >= 11 is 0.